The van der Waals surface area contributed by atoms with E-state index < -0.39 is 0 Å². The lowest BCUT2D eigenvalue weighted by atomic mass is 10.1. The first-order valence-corrected chi connectivity index (χ1v) is 4.37. The predicted octanol–water partition coefficient (Wildman–Crippen LogP) is 2.28. The van der Waals surface area contributed by atoms with Gasteiger partial charge in [-0.2, -0.15) is 0 Å². The second-order valence-corrected chi connectivity index (χ2v) is 3.53. The van der Waals surface area contributed by atoms with Crippen molar-refractivity contribution >= 4 is 11.4 Å². The van der Waals surface area contributed by atoms with Gasteiger partial charge in [0.25, 0.3) is 5.69 Å². The molecule has 4 nitrogen and oxygen atoms in total. The molecule has 4 heteroatoms. The van der Waals surface area contributed by atoms with E-state index in [0.717, 1.165) is 16.8 Å². The molecule has 1 aromatic rings. The highest BCUT2D eigenvalue weighted by Crippen LogP contribution is 2.30. The Morgan fingerprint density at radius 1 is 1.29 bits per heavy atom. The lowest BCUT2D eigenvalue weighted by Gasteiger charge is -2.18. The SMILES string of the molecule is Cc1ccc([N+](=O)[O-])c(C)c1N(C)C. The van der Waals surface area contributed by atoms with Crippen LogP contribution in [0, 0.1) is 24.0 Å². The summed E-state index contributed by atoms with van der Waals surface area (Å²) in [4.78, 5) is 12.2. The number of hydrogen-bond acceptors (Lipinski definition) is 3. The van der Waals surface area contributed by atoms with E-state index in [-0.39, 0.29) is 10.6 Å². The number of aryl methyl sites for hydroxylation is 1. The van der Waals surface area contributed by atoms with Gasteiger partial charge in [0.15, 0.2) is 0 Å². The first kappa shape index (κ1) is 10.5. The Morgan fingerprint density at radius 2 is 1.86 bits per heavy atom. The van der Waals surface area contributed by atoms with Crippen LogP contribution in [0.4, 0.5) is 11.4 Å². The molecule has 1 rings (SSSR count). The predicted molar refractivity (Wildman–Crippen MR) is 56.9 cm³/mol. The highest BCUT2D eigenvalue weighted by atomic mass is 16.6. The second kappa shape index (κ2) is 3.65. The molecule has 0 atom stereocenters. The van der Waals surface area contributed by atoms with Crippen molar-refractivity contribution in [2.45, 2.75) is 13.8 Å². The summed E-state index contributed by atoms with van der Waals surface area (Å²) in [5.41, 5.74) is 2.89. The molecule has 0 aliphatic carbocycles. The third kappa shape index (κ3) is 1.69. The molecule has 0 saturated heterocycles. The van der Waals surface area contributed by atoms with Gasteiger partial charge in [0.1, 0.15) is 0 Å². The minimum Gasteiger partial charge on any atom is -0.377 e. The Hall–Kier alpha value is -1.58. The fourth-order valence-electron chi connectivity index (χ4n) is 1.71. The van der Waals surface area contributed by atoms with E-state index in [0.29, 0.717) is 0 Å². The molecule has 0 heterocycles. The Labute approximate surface area is 83.3 Å². The van der Waals surface area contributed by atoms with E-state index >= 15 is 0 Å². The van der Waals surface area contributed by atoms with Gasteiger partial charge >= 0.3 is 0 Å². The molecule has 76 valence electrons. The van der Waals surface area contributed by atoms with Crippen molar-refractivity contribution in [3.8, 4) is 0 Å². The van der Waals surface area contributed by atoms with E-state index in [1.807, 2.05) is 25.9 Å². The first-order chi connectivity index (χ1) is 6.45. The van der Waals surface area contributed by atoms with Gasteiger partial charge in [-0.05, 0) is 19.4 Å². The molecule has 1 aromatic carbocycles. The van der Waals surface area contributed by atoms with Gasteiger partial charge < -0.3 is 4.90 Å². The Morgan fingerprint density at radius 3 is 2.29 bits per heavy atom. The van der Waals surface area contributed by atoms with Crippen LogP contribution < -0.4 is 4.90 Å². The lowest BCUT2D eigenvalue weighted by Crippen LogP contribution is -2.12. The van der Waals surface area contributed by atoms with E-state index in [1.165, 1.54) is 0 Å². The number of nitro groups is 1. The van der Waals surface area contributed by atoms with Crippen LogP contribution in [0.15, 0.2) is 12.1 Å². The zero-order chi connectivity index (χ0) is 10.9. The number of hydrogen-bond donors (Lipinski definition) is 0. The quantitative estimate of drug-likeness (QED) is 0.536. The first-order valence-electron chi connectivity index (χ1n) is 4.37. The molecule has 14 heavy (non-hydrogen) atoms. The van der Waals surface area contributed by atoms with Gasteiger partial charge in [-0.15, -0.1) is 0 Å². The average Bonchev–Trinajstić information content (AvgIpc) is 2.02. The van der Waals surface area contributed by atoms with Crippen molar-refractivity contribution in [1.29, 1.82) is 0 Å². The number of nitro benzene ring substituents is 1. The summed E-state index contributed by atoms with van der Waals surface area (Å²) < 4.78 is 0. The van der Waals surface area contributed by atoms with Crippen LogP contribution in [0.1, 0.15) is 11.1 Å². The summed E-state index contributed by atoms with van der Waals surface area (Å²) in [6.07, 6.45) is 0. The van der Waals surface area contributed by atoms with Crippen LogP contribution in [-0.4, -0.2) is 19.0 Å². The van der Waals surface area contributed by atoms with E-state index in [1.54, 1.807) is 19.1 Å². The van der Waals surface area contributed by atoms with Gasteiger partial charge in [0.2, 0.25) is 0 Å². The van der Waals surface area contributed by atoms with E-state index in [4.69, 9.17) is 0 Å². The number of nitrogens with zero attached hydrogens (tertiary/aromatic N) is 2. The monoisotopic (exact) mass is 194 g/mol. The van der Waals surface area contributed by atoms with Gasteiger partial charge in [-0.1, -0.05) is 6.07 Å². The summed E-state index contributed by atoms with van der Waals surface area (Å²) in [6, 6.07) is 3.33. The minimum atomic E-state index is -0.345. The molecule has 0 amide bonds. The molecule has 0 saturated carbocycles. The molecule has 0 unspecified atom stereocenters. The van der Waals surface area contributed by atoms with Crippen LogP contribution in [0.5, 0.6) is 0 Å². The largest absolute Gasteiger partial charge is 0.377 e. The van der Waals surface area contributed by atoms with Gasteiger partial charge in [0, 0.05) is 25.8 Å². The Kier molecular flexibility index (Phi) is 2.74. The molecule has 0 N–H and O–H groups in total. The van der Waals surface area contributed by atoms with Gasteiger partial charge in [0.05, 0.1) is 10.5 Å². The van der Waals surface area contributed by atoms with Crippen molar-refractivity contribution in [2.75, 3.05) is 19.0 Å². The van der Waals surface area contributed by atoms with Gasteiger partial charge in [-0.25, -0.2) is 0 Å². The standard InChI is InChI=1S/C10H14N2O2/c1-7-5-6-9(12(13)14)8(2)10(7)11(3)4/h5-6H,1-4H3. The van der Waals surface area contributed by atoms with Crippen molar-refractivity contribution in [2.24, 2.45) is 0 Å². The highest BCUT2D eigenvalue weighted by molar-refractivity contribution is 5.65. The summed E-state index contributed by atoms with van der Waals surface area (Å²) >= 11 is 0. The maximum Gasteiger partial charge on any atom is 0.274 e. The van der Waals surface area contributed by atoms with Crippen molar-refractivity contribution in [3.05, 3.63) is 33.4 Å². The maximum atomic E-state index is 10.7. The molecular formula is C10H14N2O2. The second-order valence-electron chi connectivity index (χ2n) is 3.53. The number of anilines is 1. The van der Waals surface area contributed by atoms with Crippen LogP contribution in [-0.2, 0) is 0 Å². The molecule has 0 aliphatic heterocycles. The van der Waals surface area contributed by atoms with Crippen LogP contribution >= 0.6 is 0 Å². The highest BCUT2D eigenvalue weighted by Gasteiger charge is 2.16. The normalized spacial score (nSPS) is 10.0. The molecule has 0 bridgehead atoms. The third-order valence-corrected chi connectivity index (χ3v) is 2.25. The Balaban J connectivity index is 3.41. The van der Waals surface area contributed by atoms with Crippen LogP contribution in [0.3, 0.4) is 0 Å². The molecule has 0 spiro atoms. The van der Waals surface area contributed by atoms with Crippen molar-refractivity contribution < 1.29 is 4.92 Å². The van der Waals surface area contributed by atoms with Crippen LogP contribution in [0.25, 0.3) is 0 Å². The fourth-order valence-corrected chi connectivity index (χ4v) is 1.71. The third-order valence-electron chi connectivity index (χ3n) is 2.25. The van der Waals surface area contributed by atoms with E-state index in [9.17, 15) is 10.1 Å². The van der Waals surface area contributed by atoms with E-state index in [2.05, 4.69) is 0 Å². The maximum absolute atomic E-state index is 10.7. The molecular weight excluding hydrogens is 180 g/mol. The summed E-state index contributed by atoms with van der Waals surface area (Å²) in [5, 5.41) is 10.7. The van der Waals surface area contributed by atoms with Crippen molar-refractivity contribution in [1.82, 2.24) is 0 Å². The number of benzene rings is 1. The molecule has 0 aromatic heterocycles. The van der Waals surface area contributed by atoms with Crippen LogP contribution in [0.2, 0.25) is 0 Å². The summed E-state index contributed by atoms with van der Waals surface area (Å²) in [7, 11) is 3.78. The fraction of sp³-hybridized carbons (Fsp3) is 0.400. The summed E-state index contributed by atoms with van der Waals surface area (Å²) in [5.74, 6) is 0. The number of rotatable bonds is 2. The van der Waals surface area contributed by atoms with Crippen molar-refractivity contribution in [3.63, 3.8) is 0 Å². The smallest absolute Gasteiger partial charge is 0.274 e. The minimum absolute atomic E-state index is 0.180. The van der Waals surface area contributed by atoms with Gasteiger partial charge in [-0.3, -0.25) is 10.1 Å². The molecule has 0 aliphatic rings. The molecule has 0 radical (unpaired) electrons. The zero-order valence-electron chi connectivity index (χ0n) is 8.87. The lowest BCUT2D eigenvalue weighted by molar-refractivity contribution is -0.385. The molecule has 0 fully saturated rings. The summed E-state index contributed by atoms with van der Waals surface area (Å²) in [6.45, 7) is 3.73. The zero-order valence-corrected chi connectivity index (χ0v) is 8.87. The topological polar surface area (TPSA) is 46.4 Å². The average molecular weight is 194 g/mol. The Bertz CT molecular complexity index is 373.